The summed E-state index contributed by atoms with van der Waals surface area (Å²) in [4.78, 5) is 0. The highest BCUT2D eigenvalue weighted by Crippen LogP contribution is 2.37. The Bertz CT molecular complexity index is 290. The standard InChI is InChI=1S/C19H38N2/c1-6-16-10-11-20(15(5)12-16)21-18(8-3)13-17(7-2)14-19(21)9-4/h15-19H,6-14H2,1-5H3. The fourth-order valence-corrected chi connectivity index (χ4v) is 4.81. The minimum atomic E-state index is 0.741. The Balaban J connectivity index is 2.11. The monoisotopic (exact) mass is 294 g/mol. The molecule has 2 fully saturated rings. The highest BCUT2D eigenvalue weighted by Gasteiger charge is 2.39. The van der Waals surface area contributed by atoms with Crippen LogP contribution in [0.2, 0.25) is 0 Å². The smallest absolute Gasteiger partial charge is 0.0249 e. The first-order valence-electron chi connectivity index (χ1n) is 9.69. The Hall–Kier alpha value is -0.0800. The van der Waals surface area contributed by atoms with Crippen LogP contribution in [0.1, 0.15) is 86.0 Å². The molecule has 4 atom stereocenters. The van der Waals surface area contributed by atoms with Gasteiger partial charge in [0.25, 0.3) is 0 Å². The average Bonchev–Trinajstić information content (AvgIpc) is 2.53. The van der Waals surface area contributed by atoms with E-state index in [1.165, 1.54) is 57.9 Å². The summed E-state index contributed by atoms with van der Waals surface area (Å²) in [7, 11) is 0. The van der Waals surface area contributed by atoms with Crippen molar-refractivity contribution >= 4 is 0 Å². The molecular weight excluding hydrogens is 256 g/mol. The molecule has 4 unspecified atom stereocenters. The van der Waals surface area contributed by atoms with Crippen LogP contribution in [-0.2, 0) is 0 Å². The number of rotatable bonds is 5. The van der Waals surface area contributed by atoms with Crippen molar-refractivity contribution < 1.29 is 0 Å². The summed E-state index contributed by atoms with van der Waals surface area (Å²) in [5, 5.41) is 5.63. The second-order valence-electron chi connectivity index (χ2n) is 7.56. The van der Waals surface area contributed by atoms with Crippen LogP contribution >= 0.6 is 0 Å². The van der Waals surface area contributed by atoms with Crippen LogP contribution in [0.4, 0.5) is 0 Å². The van der Waals surface area contributed by atoms with Crippen molar-refractivity contribution in [1.82, 2.24) is 10.0 Å². The Morgan fingerprint density at radius 1 is 0.762 bits per heavy atom. The quantitative estimate of drug-likeness (QED) is 0.696. The van der Waals surface area contributed by atoms with E-state index < -0.39 is 0 Å². The van der Waals surface area contributed by atoms with E-state index in [4.69, 9.17) is 0 Å². The number of hydrogen-bond donors (Lipinski definition) is 0. The van der Waals surface area contributed by atoms with Crippen LogP contribution in [0.15, 0.2) is 0 Å². The van der Waals surface area contributed by atoms with Crippen molar-refractivity contribution in [3.8, 4) is 0 Å². The van der Waals surface area contributed by atoms with E-state index in [1.54, 1.807) is 0 Å². The second kappa shape index (κ2) is 7.97. The first-order chi connectivity index (χ1) is 10.1. The summed E-state index contributed by atoms with van der Waals surface area (Å²) in [6, 6.07) is 2.31. The van der Waals surface area contributed by atoms with Gasteiger partial charge in [-0.2, -0.15) is 0 Å². The van der Waals surface area contributed by atoms with Gasteiger partial charge in [0.2, 0.25) is 0 Å². The fraction of sp³-hybridized carbons (Fsp3) is 1.00. The van der Waals surface area contributed by atoms with Crippen molar-refractivity contribution in [2.75, 3.05) is 6.54 Å². The molecule has 2 nitrogen and oxygen atoms in total. The van der Waals surface area contributed by atoms with Crippen molar-refractivity contribution in [3.05, 3.63) is 0 Å². The summed E-state index contributed by atoms with van der Waals surface area (Å²) in [6.07, 6.45) is 11.0. The second-order valence-corrected chi connectivity index (χ2v) is 7.56. The van der Waals surface area contributed by atoms with E-state index >= 15 is 0 Å². The van der Waals surface area contributed by atoms with Crippen LogP contribution in [0, 0.1) is 11.8 Å². The van der Waals surface area contributed by atoms with E-state index in [-0.39, 0.29) is 0 Å². The molecule has 0 radical (unpaired) electrons. The third-order valence-corrected chi connectivity index (χ3v) is 6.30. The van der Waals surface area contributed by atoms with Crippen LogP contribution in [-0.4, -0.2) is 34.7 Å². The minimum absolute atomic E-state index is 0.741. The van der Waals surface area contributed by atoms with Gasteiger partial charge in [0.15, 0.2) is 0 Å². The van der Waals surface area contributed by atoms with Crippen molar-refractivity contribution in [3.63, 3.8) is 0 Å². The molecule has 2 aliphatic heterocycles. The Labute approximate surface area is 133 Å². The molecule has 0 aliphatic carbocycles. The molecule has 0 saturated carbocycles. The molecule has 0 aromatic heterocycles. The van der Waals surface area contributed by atoms with E-state index in [0.717, 1.165) is 30.0 Å². The molecule has 0 N–H and O–H groups in total. The SMILES string of the molecule is CCC1CCN(N2C(CC)CC(CC)CC2CC)C(C)C1. The molecule has 124 valence electrons. The molecule has 2 aliphatic rings. The zero-order valence-corrected chi connectivity index (χ0v) is 15.1. The van der Waals surface area contributed by atoms with Crippen LogP contribution in [0.25, 0.3) is 0 Å². The van der Waals surface area contributed by atoms with Crippen molar-refractivity contribution in [2.45, 2.75) is 104 Å². The van der Waals surface area contributed by atoms with Crippen molar-refractivity contribution in [2.24, 2.45) is 11.8 Å². The molecule has 0 spiro atoms. The van der Waals surface area contributed by atoms with Gasteiger partial charge < -0.3 is 0 Å². The lowest BCUT2D eigenvalue weighted by Crippen LogP contribution is -2.61. The highest BCUT2D eigenvalue weighted by atomic mass is 15.7. The number of piperidine rings is 2. The molecule has 0 aromatic carbocycles. The summed E-state index contributed by atoms with van der Waals surface area (Å²) >= 11 is 0. The number of hydrogen-bond acceptors (Lipinski definition) is 2. The lowest BCUT2D eigenvalue weighted by atomic mass is 9.83. The van der Waals surface area contributed by atoms with Gasteiger partial charge in [0.1, 0.15) is 0 Å². The van der Waals surface area contributed by atoms with Crippen molar-refractivity contribution in [1.29, 1.82) is 0 Å². The maximum absolute atomic E-state index is 2.85. The zero-order valence-electron chi connectivity index (χ0n) is 15.1. The molecule has 0 bridgehead atoms. The third-order valence-electron chi connectivity index (χ3n) is 6.30. The molecule has 2 rings (SSSR count). The predicted molar refractivity (Wildman–Crippen MR) is 92.2 cm³/mol. The molecule has 2 heterocycles. The third kappa shape index (κ3) is 3.82. The van der Waals surface area contributed by atoms with Gasteiger partial charge in [-0.25, -0.2) is 10.0 Å². The number of hydrazine groups is 1. The van der Waals surface area contributed by atoms with E-state index in [0.29, 0.717) is 0 Å². The zero-order chi connectivity index (χ0) is 15.4. The molecular formula is C19H38N2. The summed E-state index contributed by atoms with van der Waals surface area (Å²) in [6.45, 7) is 13.3. The van der Waals surface area contributed by atoms with Gasteiger partial charge in [-0.15, -0.1) is 0 Å². The van der Waals surface area contributed by atoms with E-state index in [2.05, 4.69) is 44.6 Å². The van der Waals surface area contributed by atoms with Gasteiger partial charge in [-0.05, 0) is 57.3 Å². The van der Waals surface area contributed by atoms with Crippen LogP contribution in [0.3, 0.4) is 0 Å². The Morgan fingerprint density at radius 3 is 1.76 bits per heavy atom. The highest BCUT2D eigenvalue weighted by molar-refractivity contribution is 4.89. The van der Waals surface area contributed by atoms with Crippen LogP contribution < -0.4 is 0 Å². The van der Waals surface area contributed by atoms with Crippen LogP contribution in [0.5, 0.6) is 0 Å². The topological polar surface area (TPSA) is 6.48 Å². The van der Waals surface area contributed by atoms with Gasteiger partial charge in [-0.1, -0.05) is 40.5 Å². The maximum atomic E-state index is 2.85. The van der Waals surface area contributed by atoms with E-state index in [1.807, 2.05) is 0 Å². The van der Waals surface area contributed by atoms with Gasteiger partial charge in [0.05, 0.1) is 0 Å². The lowest BCUT2D eigenvalue weighted by molar-refractivity contribution is -0.162. The molecule has 2 heteroatoms. The largest absolute Gasteiger partial charge is 0.238 e. The molecule has 0 aromatic rings. The summed E-state index contributed by atoms with van der Waals surface area (Å²) in [5.41, 5.74) is 0. The average molecular weight is 295 g/mol. The molecule has 2 saturated heterocycles. The summed E-state index contributed by atoms with van der Waals surface area (Å²) < 4.78 is 0. The molecule has 0 amide bonds. The van der Waals surface area contributed by atoms with Gasteiger partial charge in [0, 0.05) is 24.7 Å². The Morgan fingerprint density at radius 2 is 1.33 bits per heavy atom. The normalized spacial score (nSPS) is 39.6. The summed E-state index contributed by atoms with van der Waals surface area (Å²) in [5.74, 6) is 1.92. The molecule has 21 heavy (non-hydrogen) atoms. The number of nitrogens with zero attached hydrogens (tertiary/aromatic N) is 2. The fourth-order valence-electron chi connectivity index (χ4n) is 4.81. The first-order valence-corrected chi connectivity index (χ1v) is 9.69. The maximum Gasteiger partial charge on any atom is 0.0249 e. The first kappa shape index (κ1) is 17.3. The minimum Gasteiger partial charge on any atom is -0.238 e. The predicted octanol–water partition coefficient (Wildman–Crippen LogP) is 5.09. The Kier molecular flexibility index (Phi) is 6.55. The van der Waals surface area contributed by atoms with Gasteiger partial charge in [-0.3, -0.25) is 0 Å². The van der Waals surface area contributed by atoms with Gasteiger partial charge >= 0.3 is 0 Å². The van der Waals surface area contributed by atoms with E-state index in [9.17, 15) is 0 Å². The lowest BCUT2D eigenvalue weighted by Gasteiger charge is -2.54.